The van der Waals surface area contributed by atoms with Crippen molar-refractivity contribution in [3.05, 3.63) is 44.4 Å². The van der Waals surface area contributed by atoms with Crippen LogP contribution in [0.1, 0.15) is 10.6 Å². The topological polar surface area (TPSA) is 91.3 Å². The molecule has 2 rings (SSSR count). The number of nitrogens with zero attached hydrogens (tertiary/aromatic N) is 2. The van der Waals surface area contributed by atoms with Crippen LogP contribution in [0.25, 0.3) is 0 Å². The lowest BCUT2D eigenvalue weighted by molar-refractivity contribution is -0.383. The molecule has 0 saturated heterocycles. The van der Waals surface area contributed by atoms with Crippen LogP contribution in [-0.4, -0.2) is 16.5 Å². The van der Waals surface area contributed by atoms with E-state index in [2.05, 4.69) is 4.98 Å². The lowest BCUT2D eigenvalue weighted by atomic mass is 10.2. The molecule has 0 unspecified atom stereocenters. The predicted octanol–water partition coefficient (Wildman–Crippen LogP) is 2.56. The Balaban J connectivity index is 1.95. The number of aromatic nitrogens is 1. The second-order valence-electron chi connectivity index (χ2n) is 3.94. The highest BCUT2D eigenvalue weighted by Gasteiger charge is 2.11. The van der Waals surface area contributed by atoms with E-state index in [1.54, 1.807) is 22.9 Å². The molecule has 0 fully saturated rings. The fraction of sp³-hybridized carbons (Fsp3) is 0.250. The van der Waals surface area contributed by atoms with Gasteiger partial charge in [-0.2, -0.15) is 0 Å². The number of nitrogen functional groups attached to an aromatic ring is 1. The van der Waals surface area contributed by atoms with Crippen molar-refractivity contribution in [2.45, 2.75) is 13.3 Å². The van der Waals surface area contributed by atoms with Gasteiger partial charge >= 0.3 is 0 Å². The quantitative estimate of drug-likeness (QED) is 0.516. The summed E-state index contributed by atoms with van der Waals surface area (Å²) in [6.07, 6.45) is 0.757. The van der Waals surface area contributed by atoms with Crippen LogP contribution in [0.4, 0.5) is 11.4 Å². The van der Waals surface area contributed by atoms with Crippen LogP contribution in [0.2, 0.25) is 0 Å². The number of ether oxygens (including phenoxy) is 1. The van der Waals surface area contributed by atoms with Crippen LogP contribution < -0.4 is 10.5 Å². The smallest absolute Gasteiger partial charge is 0.292 e. The van der Waals surface area contributed by atoms with Crippen LogP contribution in [0.3, 0.4) is 0 Å². The summed E-state index contributed by atoms with van der Waals surface area (Å²) in [6, 6.07) is 4.37. The molecular weight excluding hydrogens is 266 g/mol. The van der Waals surface area contributed by atoms with Crippen molar-refractivity contribution in [3.63, 3.8) is 0 Å². The summed E-state index contributed by atoms with van der Waals surface area (Å²) >= 11 is 1.59. The van der Waals surface area contributed by atoms with Crippen molar-refractivity contribution in [1.29, 1.82) is 0 Å². The highest BCUT2D eigenvalue weighted by Crippen LogP contribution is 2.26. The third kappa shape index (κ3) is 3.19. The molecule has 0 radical (unpaired) electrons. The zero-order valence-electron chi connectivity index (χ0n) is 10.3. The van der Waals surface area contributed by atoms with Gasteiger partial charge in [-0.15, -0.1) is 11.3 Å². The van der Waals surface area contributed by atoms with E-state index in [1.165, 1.54) is 17.0 Å². The van der Waals surface area contributed by atoms with E-state index in [4.69, 9.17) is 10.5 Å². The van der Waals surface area contributed by atoms with Gasteiger partial charge in [-0.3, -0.25) is 10.1 Å². The molecule has 0 saturated carbocycles. The molecule has 0 aliphatic carbocycles. The van der Waals surface area contributed by atoms with Crippen molar-refractivity contribution in [2.75, 3.05) is 12.3 Å². The molecule has 1 aromatic carbocycles. The SMILES string of the molecule is Cc1ncsc1CCOc1ccc([N+](=O)[O-])c(N)c1. The average Bonchev–Trinajstić information content (AvgIpc) is 2.75. The number of thiazole rings is 1. The molecule has 6 nitrogen and oxygen atoms in total. The van der Waals surface area contributed by atoms with E-state index in [-0.39, 0.29) is 11.4 Å². The molecule has 2 N–H and O–H groups in total. The van der Waals surface area contributed by atoms with Crippen molar-refractivity contribution >= 4 is 22.7 Å². The maximum absolute atomic E-state index is 10.6. The third-order valence-electron chi connectivity index (χ3n) is 2.64. The first-order chi connectivity index (χ1) is 9.08. The minimum atomic E-state index is -0.514. The van der Waals surface area contributed by atoms with Crippen molar-refractivity contribution in [1.82, 2.24) is 4.98 Å². The number of nitrogens with two attached hydrogens (primary N) is 1. The summed E-state index contributed by atoms with van der Waals surface area (Å²) in [4.78, 5) is 15.4. The summed E-state index contributed by atoms with van der Waals surface area (Å²) in [5.41, 5.74) is 8.40. The number of rotatable bonds is 5. The second kappa shape index (κ2) is 5.66. The summed E-state index contributed by atoms with van der Waals surface area (Å²) in [5.74, 6) is 0.533. The van der Waals surface area contributed by atoms with Gasteiger partial charge in [-0.1, -0.05) is 0 Å². The fourth-order valence-corrected chi connectivity index (χ4v) is 2.38. The van der Waals surface area contributed by atoms with Crippen molar-refractivity contribution in [3.8, 4) is 5.75 Å². The Bertz CT molecular complexity index is 598. The number of benzene rings is 1. The number of hydrogen-bond donors (Lipinski definition) is 1. The second-order valence-corrected chi connectivity index (χ2v) is 4.88. The molecule has 0 spiro atoms. The van der Waals surface area contributed by atoms with Gasteiger partial charge in [0, 0.05) is 23.4 Å². The van der Waals surface area contributed by atoms with E-state index in [9.17, 15) is 10.1 Å². The first-order valence-corrected chi connectivity index (χ1v) is 6.51. The molecule has 1 aromatic heterocycles. The van der Waals surface area contributed by atoms with Gasteiger partial charge in [0.2, 0.25) is 0 Å². The minimum absolute atomic E-state index is 0.106. The highest BCUT2D eigenvalue weighted by molar-refractivity contribution is 7.09. The van der Waals surface area contributed by atoms with Gasteiger partial charge in [0.15, 0.2) is 0 Å². The van der Waals surface area contributed by atoms with E-state index >= 15 is 0 Å². The lowest BCUT2D eigenvalue weighted by Gasteiger charge is -2.06. The lowest BCUT2D eigenvalue weighted by Crippen LogP contribution is -2.02. The molecule has 19 heavy (non-hydrogen) atoms. The molecule has 7 heteroatoms. The number of hydrogen-bond acceptors (Lipinski definition) is 6. The minimum Gasteiger partial charge on any atom is -0.493 e. The molecule has 0 atom stereocenters. The monoisotopic (exact) mass is 279 g/mol. The van der Waals surface area contributed by atoms with Crippen LogP contribution in [0.15, 0.2) is 23.7 Å². The maximum atomic E-state index is 10.6. The Hall–Kier alpha value is -2.15. The molecule has 0 aliphatic rings. The normalized spacial score (nSPS) is 10.4. The number of nitro benzene ring substituents is 1. The van der Waals surface area contributed by atoms with E-state index in [0.29, 0.717) is 12.4 Å². The zero-order valence-corrected chi connectivity index (χ0v) is 11.1. The maximum Gasteiger partial charge on any atom is 0.292 e. The number of anilines is 1. The predicted molar refractivity (Wildman–Crippen MR) is 73.6 cm³/mol. The van der Waals surface area contributed by atoms with Crippen LogP contribution in [0.5, 0.6) is 5.75 Å². The first-order valence-electron chi connectivity index (χ1n) is 5.63. The molecular formula is C12H13N3O3S. The van der Waals surface area contributed by atoms with Gasteiger partial charge in [0.05, 0.1) is 22.7 Å². The van der Waals surface area contributed by atoms with E-state index < -0.39 is 4.92 Å². The Morgan fingerprint density at radius 3 is 2.89 bits per heavy atom. The Kier molecular flexibility index (Phi) is 3.96. The molecule has 1 heterocycles. The van der Waals surface area contributed by atoms with Crippen molar-refractivity contribution in [2.24, 2.45) is 0 Å². The van der Waals surface area contributed by atoms with Gasteiger partial charge in [-0.25, -0.2) is 4.98 Å². The third-order valence-corrected chi connectivity index (χ3v) is 3.63. The van der Waals surface area contributed by atoms with Crippen LogP contribution in [-0.2, 0) is 6.42 Å². The molecule has 100 valence electrons. The summed E-state index contributed by atoms with van der Waals surface area (Å²) in [6.45, 7) is 2.44. The molecule has 0 aliphatic heterocycles. The molecule has 2 aromatic rings. The highest BCUT2D eigenvalue weighted by atomic mass is 32.1. The Labute approximate surface area is 114 Å². The Morgan fingerprint density at radius 2 is 2.32 bits per heavy atom. The van der Waals surface area contributed by atoms with Crippen LogP contribution >= 0.6 is 11.3 Å². The number of aryl methyl sites for hydroxylation is 1. The van der Waals surface area contributed by atoms with Gasteiger partial charge in [0.25, 0.3) is 5.69 Å². The van der Waals surface area contributed by atoms with Gasteiger partial charge in [-0.05, 0) is 13.0 Å². The van der Waals surface area contributed by atoms with E-state index in [0.717, 1.165) is 12.1 Å². The Morgan fingerprint density at radius 1 is 1.53 bits per heavy atom. The standard InChI is InChI=1S/C12H13N3O3S/c1-8-12(19-7-14-8)4-5-18-9-2-3-11(15(16)17)10(13)6-9/h2-3,6-7H,4-5,13H2,1H3. The summed E-state index contributed by atoms with van der Waals surface area (Å²) in [7, 11) is 0. The fourth-order valence-electron chi connectivity index (χ4n) is 1.62. The van der Waals surface area contributed by atoms with Crippen molar-refractivity contribution < 1.29 is 9.66 Å². The first kappa shape index (κ1) is 13.3. The summed E-state index contributed by atoms with van der Waals surface area (Å²) < 4.78 is 5.53. The number of nitro groups is 1. The summed E-state index contributed by atoms with van der Waals surface area (Å²) in [5, 5.41) is 10.6. The largest absolute Gasteiger partial charge is 0.493 e. The van der Waals surface area contributed by atoms with Crippen LogP contribution in [0, 0.1) is 17.0 Å². The molecule has 0 bridgehead atoms. The van der Waals surface area contributed by atoms with Gasteiger partial charge in [0.1, 0.15) is 11.4 Å². The average molecular weight is 279 g/mol. The molecule has 0 amide bonds. The zero-order chi connectivity index (χ0) is 13.8. The van der Waals surface area contributed by atoms with Gasteiger partial charge < -0.3 is 10.5 Å². The van der Waals surface area contributed by atoms with E-state index in [1.807, 2.05) is 6.92 Å².